The lowest BCUT2D eigenvalue weighted by molar-refractivity contribution is -0.120. The van der Waals surface area contributed by atoms with E-state index in [9.17, 15) is 4.79 Å². The van der Waals surface area contributed by atoms with Gasteiger partial charge in [0.2, 0.25) is 5.91 Å². The number of carbonyl (C=O) groups excluding carboxylic acids is 1. The molecule has 1 amide bonds. The van der Waals surface area contributed by atoms with Crippen LogP contribution in [0, 0.1) is 0 Å². The van der Waals surface area contributed by atoms with Gasteiger partial charge >= 0.3 is 0 Å². The summed E-state index contributed by atoms with van der Waals surface area (Å²) in [6, 6.07) is 9.85. The molecule has 2 N–H and O–H groups in total. The van der Waals surface area contributed by atoms with Crippen LogP contribution in [-0.4, -0.2) is 42.5 Å². The second-order valence-electron chi connectivity index (χ2n) is 4.58. The summed E-state index contributed by atoms with van der Waals surface area (Å²) in [5.41, 5.74) is 1.96. The molecule has 1 heterocycles. The van der Waals surface area contributed by atoms with E-state index in [-0.39, 0.29) is 24.9 Å². The van der Waals surface area contributed by atoms with Gasteiger partial charge in [-0.15, -0.1) is 12.4 Å². The Balaban J connectivity index is 0.00000242. The number of halogens is 1. The van der Waals surface area contributed by atoms with E-state index in [1.165, 1.54) is 0 Å². The monoisotopic (exact) mass is 324 g/mol. The summed E-state index contributed by atoms with van der Waals surface area (Å²) in [5, 5.41) is 10.1. The van der Waals surface area contributed by atoms with Gasteiger partial charge in [0.1, 0.15) is 0 Å². The van der Waals surface area contributed by atoms with Crippen LogP contribution in [0.3, 0.4) is 0 Å². The van der Waals surface area contributed by atoms with Crippen molar-refractivity contribution in [2.45, 2.75) is 6.54 Å². The molecule has 6 nitrogen and oxygen atoms in total. The maximum Gasteiger partial charge on any atom is 0.234 e. The first kappa shape index (κ1) is 18.2. The summed E-state index contributed by atoms with van der Waals surface area (Å²) in [5.74, 6) is -0.0430. The number of methoxy groups -OCH3 is 1. The molecule has 2 aromatic rings. The summed E-state index contributed by atoms with van der Waals surface area (Å²) in [7, 11) is 1.63. The number of aromatic nitrogens is 2. The van der Waals surface area contributed by atoms with Crippen molar-refractivity contribution >= 4 is 18.3 Å². The number of amides is 1. The Hall–Kier alpha value is -1.89. The molecule has 0 saturated carbocycles. The van der Waals surface area contributed by atoms with Crippen LogP contribution in [-0.2, 0) is 16.1 Å². The number of ether oxygens (including phenoxy) is 1. The molecule has 120 valence electrons. The molecule has 0 radical (unpaired) electrons. The van der Waals surface area contributed by atoms with Gasteiger partial charge in [-0.3, -0.25) is 4.79 Å². The van der Waals surface area contributed by atoms with Crippen LogP contribution in [0.25, 0.3) is 5.69 Å². The molecule has 0 aliphatic heterocycles. The van der Waals surface area contributed by atoms with Crippen molar-refractivity contribution < 1.29 is 9.53 Å². The first-order valence-electron chi connectivity index (χ1n) is 6.85. The zero-order valence-corrected chi connectivity index (χ0v) is 13.3. The zero-order valence-electron chi connectivity index (χ0n) is 12.5. The fourth-order valence-corrected chi connectivity index (χ4v) is 1.81. The maximum absolute atomic E-state index is 11.6. The molecule has 2 rings (SSSR count). The van der Waals surface area contributed by atoms with Crippen molar-refractivity contribution in [1.82, 2.24) is 20.4 Å². The molecule has 0 atom stereocenters. The first-order valence-corrected chi connectivity index (χ1v) is 6.85. The highest BCUT2D eigenvalue weighted by Gasteiger charge is 2.03. The SMILES string of the molecule is COCCNCC(=O)NCc1cnn(-c2ccccc2)c1.Cl. The van der Waals surface area contributed by atoms with E-state index >= 15 is 0 Å². The minimum atomic E-state index is -0.0430. The van der Waals surface area contributed by atoms with Crippen LogP contribution >= 0.6 is 12.4 Å². The summed E-state index contributed by atoms with van der Waals surface area (Å²) in [6.07, 6.45) is 3.67. The molecule has 0 spiro atoms. The highest BCUT2D eigenvalue weighted by molar-refractivity contribution is 5.85. The van der Waals surface area contributed by atoms with E-state index in [1.807, 2.05) is 36.5 Å². The third kappa shape index (κ3) is 5.85. The Morgan fingerprint density at radius 2 is 2.09 bits per heavy atom. The molecular formula is C15H21ClN4O2. The predicted octanol–water partition coefficient (Wildman–Crippen LogP) is 1.15. The van der Waals surface area contributed by atoms with Crippen molar-refractivity contribution in [3.63, 3.8) is 0 Å². The number of benzene rings is 1. The molecule has 0 aliphatic carbocycles. The van der Waals surface area contributed by atoms with Crippen LogP contribution in [0.15, 0.2) is 42.7 Å². The van der Waals surface area contributed by atoms with Gasteiger partial charge in [-0.05, 0) is 12.1 Å². The van der Waals surface area contributed by atoms with E-state index in [4.69, 9.17) is 4.74 Å². The lowest BCUT2D eigenvalue weighted by atomic mass is 10.3. The lowest BCUT2D eigenvalue weighted by Gasteiger charge is -2.05. The summed E-state index contributed by atoms with van der Waals surface area (Å²) in [6.45, 7) is 2.01. The largest absolute Gasteiger partial charge is 0.383 e. The number of hydrogen-bond donors (Lipinski definition) is 2. The number of nitrogens with one attached hydrogen (secondary N) is 2. The smallest absolute Gasteiger partial charge is 0.234 e. The topological polar surface area (TPSA) is 68.2 Å². The van der Waals surface area contributed by atoms with Gasteiger partial charge in [0.15, 0.2) is 0 Å². The van der Waals surface area contributed by atoms with Crippen LogP contribution < -0.4 is 10.6 Å². The second kappa shape index (κ2) is 9.94. The fraction of sp³-hybridized carbons (Fsp3) is 0.333. The molecule has 0 fully saturated rings. The average molecular weight is 325 g/mol. The molecule has 1 aromatic heterocycles. The Bertz CT molecular complexity index is 560. The van der Waals surface area contributed by atoms with Crippen LogP contribution in [0.1, 0.15) is 5.56 Å². The maximum atomic E-state index is 11.6. The third-order valence-electron chi connectivity index (χ3n) is 2.92. The van der Waals surface area contributed by atoms with E-state index in [0.717, 1.165) is 11.3 Å². The molecule has 1 aromatic carbocycles. The molecule has 0 bridgehead atoms. The van der Waals surface area contributed by atoms with E-state index in [2.05, 4.69) is 15.7 Å². The van der Waals surface area contributed by atoms with Crippen molar-refractivity contribution in [2.24, 2.45) is 0 Å². The first-order chi connectivity index (χ1) is 10.3. The highest BCUT2D eigenvalue weighted by Crippen LogP contribution is 2.07. The van der Waals surface area contributed by atoms with Crippen molar-refractivity contribution in [3.8, 4) is 5.69 Å². The lowest BCUT2D eigenvalue weighted by Crippen LogP contribution is -2.34. The molecule has 0 aliphatic rings. The fourth-order valence-electron chi connectivity index (χ4n) is 1.81. The van der Waals surface area contributed by atoms with Crippen LogP contribution in [0.2, 0.25) is 0 Å². The van der Waals surface area contributed by atoms with Gasteiger partial charge < -0.3 is 15.4 Å². The minimum Gasteiger partial charge on any atom is -0.383 e. The normalized spacial score (nSPS) is 10.0. The van der Waals surface area contributed by atoms with Gasteiger partial charge in [-0.2, -0.15) is 5.10 Å². The van der Waals surface area contributed by atoms with Crippen LogP contribution in [0.4, 0.5) is 0 Å². The number of carbonyl (C=O) groups is 1. The predicted molar refractivity (Wildman–Crippen MR) is 87.4 cm³/mol. The molecule has 22 heavy (non-hydrogen) atoms. The standard InChI is InChI=1S/C15H20N4O2.ClH/c1-21-8-7-16-11-15(20)17-9-13-10-18-19(12-13)14-5-3-2-4-6-14;/h2-6,10,12,16H,7-9,11H2,1H3,(H,17,20);1H. The highest BCUT2D eigenvalue weighted by atomic mass is 35.5. The minimum absolute atomic E-state index is 0. The summed E-state index contributed by atoms with van der Waals surface area (Å²) in [4.78, 5) is 11.6. The Morgan fingerprint density at radius 1 is 1.32 bits per heavy atom. The van der Waals surface area contributed by atoms with E-state index < -0.39 is 0 Å². The summed E-state index contributed by atoms with van der Waals surface area (Å²) < 4.78 is 6.68. The second-order valence-corrected chi connectivity index (χ2v) is 4.58. The van der Waals surface area contributed by atoms with E-state index in [1.54, 1.807) is 18.0 Å². The molecule has 7 heteroatoms. The average Bonchev–Trinajstić information content (AvgIpc) is 2.99. The van der Waals surface area contributed by atoms with Crippen molar-refractivity contribution in [1.29, 1.82) is 0 Å². The molecular weight excluding hydrogens is 304 g/mol. The number of hydrogen-bond acceptors (Lipinski definition) is 4. The Kier molecular flexibility index (Phi) is 8.21. The van der Waals surface area contributed by atoms with Gasteiger partial charge in [0, 0.05) is 32.0 Å². The van der Waals surface area contributed by atoms with Gasteiger partial charge in [0.05, 0.1) is 25.0 Å². The number of para-hydroxylation sites is 1. The van der Waals surface area contributed by atoms with Crippen LogP contribution in [0.5, 0.6) is 0 Å². The number of rotatable bonds is 8. The van der Waals surface area contributed by atoms with E-state index in [0.29, 0.717) is 19.7 Å². The third-order valence-corrected chi connectivity index (χ3v) is 2.92. The molecule has 0 unspecified atom stereocenters. The summed E-state index contributed by atoms with van der Waals surface area (Å²) >= 11 is 0. The van der Waals surface area contributed by atoms with Gasteiger partial charge in [-0.25, -0.2) is 4.68 Å². The molecule has 0 saturated heterocycles. The van der Waals surface area contributed by atoms with Gasteiger partial charge in [-0.1, -0.05) is 18.2 Å². The van der Waals surface area contributed by atoms with Crippen molar-refractivity contribution in [3.05, 3.63) is 48.3 Å². The van der Waals surface area contributed by atoms with Crippen molar-refractivity contribution in [2.75, 3.05) is 26.8 Å². The Labute approximate surface area is 136 Å². The zero-order chi connectivity index (χ0) is 14.9. The van der Waals surface area contributed by atoms with Gasteiger partial charge in [0.25, 0.3) is 0 Å². The quantitative estimate of drug-likeness (QED) is 0.715. The Morgan fingerprint density at radius 3 is 2.82 bits per heavy atom. The number of nitrogens with zero attached hydrogens (tertiary/aromatic N) is 2.